The van der Waals surface area contributed by atoms with E-state index in [1.807, 2.05) is 17.0 Å². The summed E-state index contributed by atoms with van der Waals surface area (Å²) in [6.45, 7) is 3.30. The molecule has 0 bridgehead atoms. The van der Waals surface area contributed by atoms with Crippen molar-refractivity contribution in [1.82, 2.24) is 15.1 Å². The smallest absolute Gasteiger partial charge is 0.219 e. The average molecular weight is 334 g/mol. The third-order valence-corrected chi connectivity index (χ3v) is 5.76. The Labute approximate surface area is 139 Å². The average Bonchev–Trinajstić information content (AvgIpc) is 3.18. The summed E-state index contributed by atoms with van der Waals surface area (Å²) in [6, 6.07) is 3.69. The van der Waals surface area contributed by atoms with Gasteiger partial charge in [0, 0.05) is 36.0 Å². The first-order valence-corrected chi connectivity index (χ1v) is 8.47. The van der Waals surface area contributed by atoms with E-state index < -0.39 is 6.10 Å². The van der Waals surface area contributed by atoms with Crippen LogP contribution in [0, 0.1) is 17.8 Å². The summed E-state index contributed by atoms with van der Waals surface area (Å²) in [7, 11) is 0. The number of likely N-dealkylation sites (tertiary alicyclic amines) is 1. The number of hydrogen-bond donors (Lipinski definition) is 2. The quantitative estimate of drug-likeness (QED) is 0.888. The van der Waals surface area contributed by atoms with E-state index in [4.69, 9.17) is 11.6 Å². The van der Waals surface area contributed by atoms with E-state index in [2.05, 4.69) is 10.2 Å². The SMILES string of the molecule is CC(=O)N1C[C@H]2CC(C(O)c3cc(Cl)cc4cn[nH]c34)C[C@H]2C1. The number of aliphatic hydroxyl groups is 1. The fourth-order valence-corrected chi connectivity index (χ4v) is 4.63. The summed E-state index contributed by atoms with van der Waals surface area (Å²) in [5.74, 6) is 1.39. The number of benzene rings is 1. The van der Waals surface area contributed by atoms with Gasteiger partial charge in [0.25, 0.3) is 0 Å². The van der Waals surface area contributed by atoms with Gasteiger partial charge in [-0.25, -0.2) is 0 Å². The second-order valence-corrected chi connectivity index (χ2v) is 7.39. The lowest BCUT2D eigenvalue weighted by molar-refractivity contribution is -0.128. The second kappa shape index (κ2) is 5.49. The molecule has 2 fully saturated rings. The minimum absolute atomic E-state index is 0.158. The topological polar surface area (TPSA) is 69.2 Å². The molecule has 2 aliphatic rings. The number of rotatable bonds is 2. The molecule has 0 spiro atoms. The molecular formula is C17H20ClN3O2. The number of nitrogens with zero attached hydrogens (tertiary/aromatic N) is 2. The highest BCUT2D eigenvalue weighted by molar-refractivity contribution is 6.31. The molecule has 1 saturated heterocycles. The van der Waals surface area contributed by atoms with Crippen molar-refractivity contribution in [3.05, 3.63) is 28.9 Å². The predicted octanol–water partition coefficient (Wildman–Crippen LogP) is 2.75. The number of carbonyl (C=O) groups excluding carboxylic acids is 1. The lowest BCUT2D eigenvalue weighted by atomic mass is 9.92. The van der Waals surface area contributed by atoms with Gasteiger partial charge < -0.3 is 10.0 Å². The molecule has 1 aromatic carbocycles. The Morgan fingerprint density at radius 1 is 1.39 bits per heavy atom. The maximum atomic E-state index is 11.5. The van der Waals surface area contributed by atoms with Gasteiger partial charge in [-0.2, -0.15) is 5.10 Å². The van der Waals surface area contributed by atoms with Crippen LogP contribution in [0.3, 0.4) is 0 Å². The zero-order valence-corrected chi connectivity index (χ0v) is 13.8. The van der Waals surface area contributed by atoms with E-state index in [1.165, 1.54) is 0 Å². The molecule has 0 radical (unpaired) electrons. The van der Waals surface area contributed by atoms with E-state index in [1.54, 1.807) is 13.1 Å². The van der Waals surface area contributed by atoms with Crippen LogP contribution in [0.4, 0.5) is 0 Å². The molecule has 4 atom stereocenters. The fraction of sp³-hybridized carbons (Fsp3) is 0.529. The molecule has 1 aliphatic carbocycles. The Kier molecular flexibility index (Phi) is 3.58. The molecule has 122 valence electrons. The summed E-state index contributed by atoms with van der Waals surface area (Å²) in [6.07, 6.45) is 3.09. The molecule has 2 heterocycles. The molecule has 2 unspecified atom stereocenters. The zero-order valence-electron chi connectivity index (χ0n) is 13.0. The number of aromatic amines is 1. The first kappa shape index (κ1) is 15.0. The Morgan fingerprint density at radius 3 is 2.74 bits per heavy atom. The molecule has 6 heteroatoms. The van der Waals surface area contributed by atoms with Crippen molar-refractivity contribution in [2.75, 3.05) is 13.1 Å². The van der Waals surface area contributed by atoms with E-state index >= 15 is 0 Å². The molecular weight excluding hydrogens is 314 g/mol. The van der Waals surface area contributed by atoms with Crippen molar-refractivity contribution < 1.29 is 9.90 Å². The number of nitrogens with one attached hydrogen (secondary N) is 1. The molecule has 2 aromatic rings. The van der Waals surface area contributed by atoms with Gasteiger partial charge in [-0.3, -0.25) is 9.89 Å². The van der Waals surface area contributed by atoms with E-state index in [9.17, 15) is 9.90 Å². The number of H-pyrrole nitrogens is 1. The maximum Gasteiger partial charge on any atom is 0.219 e. The van der Waals surface area contributed by atoms with Crippen LogP contribution in [0.25, 0.3) is 10.9 Å². The molecule has 23 heavy (non-hydrogen) atoms. The monoisotopic (exact) mass is 333 g/mol. The second-order valence-electron chi connectivity index (χ2n) is 6.95. The highest BCUT2D eigenvalue weighted by Crippen LogP contribution is 2.47. The van der Waals surface area contributed by atoms with Crippen molar-refractivity contribution in [1.29, 1.82) is 0 Å². The van der Waals surface area contributed by atoms with Crippen LogP contribution < -0.4 is 0 Å². The standard InChI is InChI=1S/C17H20ClN3O2/c1-9(22)21-7-12-2-10(3-13(12)8-21)17(23)15-5-14(18)4-11-6-19-20-16(11)15/h4-6,10,12-13,17,23H,2-3,7-8H2,1H3,(H,19,20)/t10?,12-,13+,17?. The third-order valence-electron chi connectivity index (χ3n) is 5.54. The van der Waals surface area contributed by atoms with Crippen LogP contribution in [-0.4, -0.2) is 39.2 Å². The molecule has 1 amide bonds. The summed E-state index contributed by atoms with van der Waals surface area (Å²) >= 11 is 6.18. The molecule has 2 N–H and O–H groups in total. The molecule has 1 saturated carbocycles. The van der Waals surface area contributed by atoms with Gasteiger partial charge in [0.2, 0.25) is 5.91 Å². The highest BCUT2D eigenvalue weighted by atomic mass is 35.5. The number of amides is 1. The van der Waals surface area contributed by atoms with Gasteiger partial charge in [0.05, 0.1) is 17.8 Å². The summed E-state index contributed by atoms with van der Waals surface area (Å²) in [5, 5.41) is 19.5. The predicted molar refractivity (Wildman–Crippen MR) is 88.0 cm³/mol. The number of hydrogen-bond acceptors (Lipinski definition) is 3. The van der Waals surface area contributed by atoms with Crippen LogP contribution in [0.15, 0.2) is 18.3 Å². The Bertz CT molecular complexity index is 745. The number of halogens is 1. The number of fused-ring (bicyclic) bond motifs is 2. The number of carbonyl (C=O) groups is 1. The molecule has 4 rings (SSSR count). The van der Waals surface area contributed by atoms with Gasteiger partial charge in [-0.05, 0) is 42.7 Å². The maximum absolute atomic E-state index is 11.5. The zero-order chi connectivity index (χ0) is 16.1. The first-order valence-electron chi connectivity index (χ1n) is 8.09. The van der Waals surface area contributed by atoms with Gasteiger partial charge >= 0.3 is 0 Å². The van der Waals surface area contributed by atoms with Gasteiger partial charge in [0.15, 0.2) is 0 Å². The highest BCUT2D eigenvalue weighted by Gasteiger charge is 2.44. The van der Waals surface area contributed by atoms with Gasteiger partial charge in [-0.1, -0.05) is 11.6 Å². The minimum atomic E-state index is -0.548. The summed E-state index contributed by atoms with van der Waals surface area (Å²) in [4.78, 5) is 13.5. The number of aliphatic hydroxyl groups excluding tert-OH is 1. The van der Waals surface area contributed by atoms with Crippen molar-refractivity contribution in [2.24, 2.45) is 17.8 Å². The minimum Gasteiger partial charge on any atom is -0.388 e. The van der Waals surface area contributed by atoms with Crippen LogP contribution in [0.5, 0.6) is 0 Å². The lowest BCUT2D eigenvalue weighted by Gasteiger charge is -2.22. The van der Waals surface area contributed by atoms with Crippen molar-refractivity contribution in [3.8, 4) is 0 Å². The Hall–Kier alpha value is -1.59. The molecule has 1 aliphatic heterocycles. The van der Waals surface area contributed by atoms with Crippen molar-refractivity contribution in [3.63, 3.8) is 0 Å². The normalized spacial score (nSPS) is 28.3. The summed E-state index contributed by atoms with van der Waals surface area (Å²) in [5.41, 5.74) is 1.70. The van der Waals surface area contributed by atoms with Crippen molar-refractivity contribution in [2.45, 2.75) is 25.9 Å². The third kappa shape index (κ3) is 2.52. The molecule has 5 nitrogen and oxygen atoms in total. The van der Waals surface area contributed by atoms with E-state index in [0.29, 0.717) is 16.9 Å². The van der Waals surface area contributed by atoms with E-state index in [-0.39, 0.29) is 11.8 Å². The molecule has 1 aromatic heterocycles. The Morgan fingerprint density at radius 2 is 2.09 bits per heavy atom. The first-order chi connectivity index (χ1) is 11.0. The van der Waals surface area contributed by atoms with Gasteiger partial charge in [-0.15, -0.1) is 0 Å². The van der Waals surface area contributed by atoms with Gasteiger partial charge in [0.1, 0.15) is 0 Å². The summed E-state index contributed by atoms with van der Waals surface area (Å²) < 4.78 is 0. The number of aromatic nitrogens is 2. The Balaban J connectivity index is 1.56. The largest absolute Gasteiger partial charge is 0.388 e. The van der Waals surface area contributed by atoms with Crippen LogP contribution >= 0.6 is 11.6 Å². The van der Waals surface area contributed by atoms with Crippen molar-refractivity contribution >= 4 is 28.4 Å². The fourth-order valence-electron chi connectivity index (χ4n) is 4.40. The van der Waals surface area contributed by atoms with Crippen LogP contribution in [0.2, 0.25) is 5.02 Å². The lowest BCUT2D eigenvalue weighted by Crippen LogP contribution is -2.27. The van der Waals surface area contributed by atoms with Crippen LogP contribution in [0.1, 0.15) is 31.4 Å². The van der Waals surface area contributed by atoms with Crippen LogP contribution in [-0.2, 0) is 4.79 Å². The van der Waals surface area contributed by atoms with E-state index in [0.717, 1.165) is 42.4 Å².